The number of aromatic nitrogens is 3. The molecule has 1 N–H and O–H groups in total. The third-order valence-electron chi connectivity index (χ3n) is 5.53. The van der Waals surface area contributed by atoms with Crippen LogP contribution < -0.4 is 14.8 Å². The summed E-state index contributed by atoms with van der Waals surface area (Å²) in [6, 6.07) is 6.49. The molecule has 34 heavy (non-hydrogen) atoms. The Balaban J connectivity index is 1.46. The number of halogens is 3. The Morgan fingerprint density at radius 1 is 1.24 bits per heavy atom. The summed E-state index contributed by atoms with van der Waals surface area (Å²) in [5.41, 5.74) is -0.460. The minimum atomic E-state index is -3.12. The zero-order chi connectivity index (χ0) is 24.5. The number of rotatable bonds is 7. The van der Waals surface area contributed by atoms with Gasteiger partial charge in [-0.3, -0.25) is 4.79 Å². The van der Waals surface area contributed by atoms with Crippen molar-refractivity contribution in [3.8, 4) is 11.6 Å². The zero-order valence-corrected chi connectivity index (χ0v) is 18.8. The van der Waals surface area contributed by atoms with E-state index in [1.807, 2.05) is 0 Å². The third kappa shape index (κ3) is 5.41. The van der Waals surface area contributed by atoms with E-state index in [1.54, 1.807) is 6.92 Å². The lowest BCUT2D eigenvalue weighted by atomic mass is 9.95. The highest BCUT2D eigenvalue weighted by atomic mass is 32.2. The van der Waals surface area contributed by atoms with Crippen LogP contribution >= 0.6 is 0 Å². The van der Waals surface area contributed by atoms with Crippen molar-refractivity contribution in [3.63, 3.8) is 0 Å². The molecule has 1 aromatic carbocycles. The molecule has 182 valence electrons. The molecule has 1 saturated heterocycles. The van der Waals surface area contributed by atoms with Crippen molar-refractivity contribution in [2.45, 2.75) is 38.5 Å². The second kappa shape index (κ2) is 9.12. The number of benzene rings is 1. The summed E-state index contributed by atoms with van der Waals surface area (Å²) in [7, 11) is -3.08. The maximum atomic E-state index is 14.1. The lowest BCUT2D eigenvalue weighted by Gasteiger charge is -2.34. The van der Waals surface area contributed by atoms with E-state index in [9.17, 15) is 26.4 Å². The molecule has 1 fully saturated rings. The van der Waals surface area contributed by atoms with Crippen molar-refractivity contribution in [3.05, 3.63) is 53.6 Å². The molecule has 1 aliphatic heterocycles. The van der Waals surface area contributed by atoms with Crippen LogP contribution in [0.3, 0.4) is 0 Å². The minimum absolute atomic E-state index is 0.00325. The van der Waals surface area contributed by atoms with Gasteiger partial charge in [-0.25, -0.2) is 22.3 Å². The lowest BCUT2D eigenvalue weighted by molar-refractivity contribution is -0.0510. The van der Waals surface area contributed by atoms with Crippen LogP contribution in [0.5, 0.6) is 11.6 Å². The largest absolute Gasteiger partial charge is 0.472 e. The van der Waals surface area contributed by atoms with Crippen LogP contribution in [0.1, 0.15) is 35.8 Å². The number of hydrogen-bond acceptors (Lipinski definition) is 7. The summed E-state index contributed by atoms with van der Waals surface area (Å²) in [4.78, 5) is 16.9. The number of fused-ring (bicyclic) bond motifs is 1. The highest BCUT2D eigenvalue weighted by Gasteiger charge is 2.35. The predicted molar refractivity (Wildman–Crippen MR) is 114 cm³/mol. The minimum Gasteiger partial charge on any atom is -0.472 e. The van der Waals surface area contributed by atoms with Gasteiger partial charge in [0, 0.05) is 11.6 Å². The Morgan fingerprint density at radius 2 is 1.97 bits per heavy atom. The smallest absolute Gasteiger partial charge is 0.387 e. The Kier molecular flexibility index (Phi) is 6.39. The summed E-state index contributed by atoms with van der Waals surface area (Å²) in [5, 5.41) is 7.00. The number of carbonyl (C=O) groups excluding carboxylic acids is 1. The first-order chi connectivity index (χ1) is 16.0. The Bertz CT molecular complexity index is 1320. The van der Waals surface area contributed by atoms with Gasteiger partial charge in [-0.15, -0.1) is 5.10 Å². The highest BCUT2D eigenvalue weighted by molar-refractivity contribution is 7.91. The summed E-state index contributed by atoms with van der Waals surface area (Å²) in [6.45, 7) is -1.75. The van der Waals surface area contributed by atoms with Gasteiger partial charge in [0.15, 0.2) is 5.65 Å². The molecular weight excluding hydrogens is 477 g/mol. The van der Waals surface area contributed by atoms with Crippen molar-refractivity contribution in [1.29, 1.82) is 0 Å². The normalized spacial score (nSPS) is 17.0. The average Bonchev–Trinajstić information content (AvgIpc) is 3.19. The second-order valence-electron chi connectivity index (χ2n) is 8.15. The molecule has 0 spiro atoms. The average molecular weight is 498 g/mol. The number of nitrogens with zero attached hydrogens (tertiary/aromatic N) is 3. The van der Waals surface area contributed by atoms with E-state index in [0.717, 1.165) is 6.07 Å². The number of nitrogens with one attached hydrogen (secondary N) is 1. The number of hydrogen-bond donors (Lipinski definition) is 1. The monoisotopic (exact) mass is 498 g/mol. The van der Waals surface area contributed by atoms with Gasteiger partial charge in [-0.1, -0.05) is 6.07 Å². The fraction of sp³-hybridized carbons (Fsp3) is 0.381. The first-order valence-electron chi connectivity index (χ1n) is 10.3. The summed E-state index contributed by atoms with van der Waals surface area (Å²) < 4.78 is 73.6. The predicted octanol–water partition coefficient (Wildman–Crippen LogP) is 2.75. The Hall–Kier alpha value is -3.35. The van der Waals surface area contributed by atoms with Crippen LogP contribution in [-0.4, -0.2) is 52.6 Å². The molecule has 3 heterocycles. The molecule has 0 unspecified atom stereocenters. The first-order valence-corrected chi connectivity index (χ1v) is 12.1. The molecule has 0 aliphatic carbocycles. The van der Waals surface area contributed by atoms with Crippen molar-refractivity contribution in [2.24, 2.45) is 0 Å². The molecule has 0 atom stereocenters. The van der Waals surface area contributed by atoms with Gasteiger partial charge >= 0.3 is 6.61 Å². The molecule has 1 amide bonds. The summed E-state index contributed by atoms with van der Waals surface area (Å²) in [5.74, 6) is -1.55. The number of alkyl halides is 2. The number of sulfone groups is 1. The molecule has 0 saturated carbocycles. The molecule has 2 aromatic heterocycles. The van der Waals surface area contributed by atoms with Gasteiger partial charge in [0.05, 0.1) is 23.3 Å². The molecule has 9 nitrogen and oxygen atoms in total. The van der Waals surface area contributed by atoms with Crippen molar-refractivity contribution < 1.29 is 35.9 Å². The van der Waals surface area contributed by atoms with Crippen LogP contribution in [0.25, 0.3) is 5.65 Å². The van der Waals surface area contributed by atoms with E-state index in [0.29, 0.717) is 18.5 Å². The maximum absolute atomic E-state index is 14.1. The van der Waals surface area contributed by atoms with Crippen LogP contribution in [0.2, 0.25) is 0 Å². The standard InChI is InChI=1S/C21H21F3N4O5S/c1-21(7-9-34(30,31)10-8-21)26-19(29)15-11-28-17(25-15)5-6-18(27-28)32-12-13-14(22)3-2-4-16(13)33-20(23)24/h2-6,11,20H,7-10,12H2,1H3,(H,26,29). The van der Waals surface area contributed by atoms with Gasteiger partial charge < -0.3 is 14.8 Å². The van der Waals surface area contributed by atoms with E-state index in [-0.39, 0.29) is 34.4 Å². The van der Waals surface area contributed by atoms with E-state index >= 15 is 0 Å². The fourth-order valence-electron chi connectivity index (χ4n) is 3.53. The van der Waals surface area contributed by atoms with Gasteiger partial charge in [0.1, 0.15) is 33.7 Å². The Morgan fingerprint density at radius 3 is 2.68 bits per heavy atom. The van der Waals surface area contributed by atoms with E-state index in [2.05, 4.69) is 20.1 Å². The molecule has 0 radical (unpaired) electrons. The van der Waals surface area contributed by atoms with Crippen LogP contribution in [0.4, 0.5) is 13.2 Å². The Labute approximate surface area is 192 Å². The van der Waals surface area contributed by atoms with Crippen LogP contribution in [0.15, 0.2) is 36.5 Å². The van der Waals surface area contributed by atoms with Crippen molar-refractivity contribution in [2.75, 3.05) is 11.5 Å². The number of amides is 1. The molecule has 3 aromatic rings. The van der Waals surface area contributed by atoms with E-state index < -0.39 is 40.3 Å². The lowest BCUT2D eigenvalue weighted by Crippen LogP contribution is -2.51. The zero-order valence-electron chi connectivity index (χ0n) is 18.0. The van der Waals surface area contributed by atoms with E-state index in [1.165, 1.54) is 35.0 Å². The quantitative estimate of drug-likeness (QED) is 0.533. The van der Waals surface area contributed by atoms with Gasteiger partial charge in [0.2, 0.25) is 5.88 Å². The first kappa shape index (κ1) is 23.8. The molecule has 4 rings (SSSR count). The van der Waals surface area contributed by atoms with E-state index in [4.69, 9.17) is 4.74 Å². The summed E-state index contributed by atoms with van der Waals surface area (Å²) >= 11 is 0. The molecule has 1 aliphatic rings. The highest BCUT2D eigenvalue weighted by Crippen LogP contribution is 2.26. The van der Waals surface area contributed by atoms with Crippen LogP contribution in [-0.2, 0) is 16.4 Å². The van der Waals surface area contributed by atoms with Gasteiger partial charge in [-0.2, -0.15) is 8.78 Å². The number of ether oxygens (including phenoxy) is 2. The molecule has 0 bridgehead atoms. The number of imidazole rings is 1. The maximum Gasteiger partial charge on any atom is 0.387 e. The topological polar surface area (TPSA) is 112 Å². The van der Waals surface area contributed by atoms with Crippen molar-refractivity contribution in [1.82, 2.24) is 19.9 Å². The third-order valence-corrected chi connectivity index (χ3v) is 7.18. The van der Waals surface area contributed by atoms with Crippen molar-refractivity contribution >= 4 is 21.4 Å². The second-order valence-corrected chi connectivity index (χ2v) is 10.5. The van der Waals surface area contributed by atoms with Gasteiger partial charge in [-0.05, 0) is 38.0 Å². The molecule has 13 heteroatoms. The fourth-order valence-corrected chi connectivity index (χ4v) is 5.26. The SMILES string of the molecule is CC1(NC(=O)c2cn3nc(OCc4c(F)cccc4OC(F)F)ccc3n2)CCS(=O)(=O)CC1. The summed E-state index contributed by atoms with van der Waals surface area (Å²) in [6.07, 6.45) is 1.98. The molecular formula is C21H21F3N4O5S. The number of carbonyl (C=O) groups is 1. The van der Waals surface area contributed by atoms with Gasteiger partial charge in [0.25, 0.3) is 5.91 Å². The van der Waals surface area contributed by atoms with Crippen LogP contribution in [0, 0.1) is 5.82 Å².